The van der Waals surface area contributed by atoms with E-state index >= 15 is 0 Å². The number of hydrogen-bond acceptors (Lipinski definition) is 2. The zero-order valence-corrected chi connectivity index (χ0v) is 8.14. The molecule has 0 aliphatic carbocycles. The van der Waals surface area contributed by atoms with Crippen LogP contribution in [-0.4, -0.2) is 30.7 Å². The fourth-order valence-corrected chi connectivity index (χ4v) is 1.56. The largest absolute Gasteiger partial charge is 0.348 e. The van der Waals surface area contributed by atoms with Crippen molar-refractivity contribution in [3.05, 3.63) is 35.9 Å². The van der Waals surface area contributed by atoms with Crippen molar-refractivity contribution in [2.75, 3.05) is 13.8 Å². The zero-order chi connectivity index (χ0) is 9.97. The molecule has 1 fully saturated rings. The van der Waals surface area contributed by atoms with E-state index in [2.05, 4.69) is 0 Å². The topological polar surface area (TPSA) is 29.5 Å². The highest BCUT2D eigenvalue weighted by molar-refractivity contribution is 5.82. The molecule has 1 aromatic carbocycles. The molecule has 0 aromatic heterocycles. The second-order valence-electron chi connectivity index (χ2n) is 3.51. The summed E-state index contributed by atoms with van der Waals surface area (Å²) >= 11 is 0. The number of amides is 1. The molecular formula is C11H13NO2. The number of benzene rings is 1. The first-order valence-electron chi connectivity index (χ1n) is 4.68. The van der Waals surface area contributed by atoms with Gasteiger partial charge in [-0.25, -0.2) is 0 Å². The highest BCUT2D eigenvalue weighted by atomic mass is 16.5. The summed E-state index contributed by atoms with van der Waals surface area (Å²) in [6.07, 6.45) is 0.381. The van der Waals surface area contributed by atoms with Gasteiger partial charge in [-0.05, 0) is 5.56 Å². The Morgan fingerprint density at radius 2 is 2.14 bits per heavy atom. The fraction of sp³-hybridized carbons (Fsp3) is 0.364. The minimum atomic E-state index is -0.289. The third-order valence-corrected chi connectivity index (χ3v) is 2.38. The Kier molecular flexibility index (Phi) is 2.50. The van der Waals surface area contributed by atoms with E-state index in [1.807, 2.05) is 30.3 Å². The van der Waals surface area contributed by atoms with Crippen molar-refractivity contribution < 1.29 is 9.53 Å². The number of hydrogen-bond donors (Lipinski definition) is 0. The van der Waals surface area contributed by atoms with E-state index in [9.17, 15) is 4.79 Å². The van der Waals surface area contributed by atoms with E-state index in [1.54, 1.807) is 11.9 Å². The molecule has 74 valence electrons. The summed E-state index contributed by atoms with van der Waals surface area (Å²) in [5.41, 5.74) is 1.14. The average Bonchev–Trinajstić information content (AvgIpc) is 2.52. The molecule has 2 rings (SSSR count). The van der Waals surface area contributed by atoms with Crippen LogP contribution in [0.3, 0.4) is 0 Å². The fourth-order valence-electron chi connectivity index (χ4n) is 1.56. The van der Waals surface area contributed by atoms with Gasteiger partial charge >= 0.3 is 0 Å². The molecule has 0 bridgehead atoms. The first-order valence-corrected chi connectivity index (χ1v) is 4.68. The second-order valence-corrected chi connectivity index (χ2v) is 3.51. The maximum Gasteiger partial charge on any atom is 0.253 e. The van der Waals surface area contributed by atoms with Crippen LogP contribution in [0.15, 0.2) is 30.3 Å². The summed E-state index contributed by atoms with van der Waals surface area (Å²) in [6.45, 7) is 0.413. The Labute approximate surface area is 83.3 Å². The van der Waals surface area contributed by atoms with Gasteiger partial charge in [-0.2, -0.15) is 0 Å². The molecule has 0 radical (unpaired) electrons. The summed E-state index contributed by atoms with van der Waals surface area (Å²) < 4.78 is 5.36. The van der Waals surface area contributed by atoms with Gasteiger partial charge in [0.15, 0.2) is 0 Å². The molecule has 1 aliphatic heterocycles. The molecule has 1 heterocycles. The minimum Gasteiger partial charge on any atom is -0.348 e. The Bertz CT molecular complexity index is 323. The molecule has 1 amide bonds. The highest BCUT2D eigenvalue weighted by Gasteiger charge is 2.29. The smallest absolute Gasteiger partial charge is 0.253 e. The van der Waals surface area contributed by atoms with Gasteiger partial charge in [0.2, 0.25) is 0 Å². The van der Waals surface area contributed by atoms with Crippen LogP contribution in [0.5, 0.6) is 0 Å². The molecule has 0 N–H and O–H groups in total. The van der Waals surface area contributed by atoms with Gasteiger partial charge in [-0.15, -0.1) is 0 Å². The average molecular weight is 191 g/mol. The van der Waals surface area contributed by atoms with Crippen molar-refractivity contribution in [1.29, 1.82) is 0 Å². The molecule has 3 heteroatoms. The van der Waals surface area contributed by atoms with Crippen LogP contribution < -0.4 is 0 Å². The van der Waals surface area contributed by atoms with E-state index in [0.717, 1.165) is 5.56 Å². The minimum absolute atomic E-state index is 0.0776. The maximum absolute atomic E-state index is 11.5. The number of likely N-dealkylation sites (N-methyl/N-ethyl adjacent to an activating group) is 1. The van der Waals surface area contributed by atoms with Gasteiger partial charge in [0.25, 0.3) is 5.91 Å². The Morgan fingerprint density at radius 3 is 2.71 bits per heavy atom. The van der Waals surface area contributed by atoms with Crippen molar-refractivity contribution in [2.45, 2.75) is 12.5 Å². The van der Waals surface area contributed by atoms with Crippen molar-refractivity contribution in [3.8, 4) is 0 Å². The van der Waals surface area contributed by atoms with Crippen molar-refractivity contribution in [1.82, 2.24) is 4.90 Å². The number of ether oxygens (including phenoxy) is 1. The highest BCUT2D eigenvalue weighted by Crippen LogP contribution is 2.13. The van der Waals surface area contributed by atoms with Gasteiger partial charge in [-0.1, -0.05) is 30.3 Å². The van der Waals surface area contributed by atoms with E-state index in [1.165, 1.54) is 0 Å². The lowest BCUT2D eigenvalue weighted by atomic mass is 10.1. The van der Waals surface area contributed by atoms with Crippen LogP contribution in [0, 0.1) is 0 Å². The molecule has 1 atom stereocenters. The molecule has 14 heavy (non-hydrogen) atoms. The van der Waals surface area contributed by atoms with Crippen LogP contribution >= 0.6 is 0 Å². The Balaban J connectivity index is 2.02. The SMILES string of the molecule is CN1COC(Cc2ccccc2)C1=O. The van der Waals surface area contributed by atoms with Gasteiger partial charge in [0.1, 0.15) is 12.8 Å². The lowest BCUT2D eigenvalue weighted by molar-refractivity contribution is -0.129. The summed E-state index contributed by atoms with van der Waals surface area (Å²) in [7, 11) is 1.76. The van der Waals surface area contributed by atoms with Crippen LogP contribution in [0.25, 0.3) is 0 Å². The second kappa shape index (κ2) is 3.80. The van der Waals surface area contributed by atoms with Gasteiger partial charge in [-0.3, -0.25) is 4.79 Å². The number of rotatable bonds is 2. The first kappa shape index (κ1) is 9.21. The molecule has 0 saturated carbocycles. The number of carbonyl (C=O) groups is 1. The lowest BCUT2D eigenvalue weighted by Crippen LogP contribution is -2.27. The predicted octanol–water partition coefficient (Wildman–Crippen LogP) is 1.04. The predicted molar refractivity (Wildman–Crippen MR) is 52.7 cm³/mol. The van der Waals surface area contributed by atoms with E-state index in [0.29, 0.717) is 13.2 Å². The normalized spacial score (nSPS) is 21.6. The molecule has 1 saturated heterocycles. The van der Waals surface area contributed by atoms with Gasteiger partial charge < -0.3 is 9.64 Å². The third-order valence-electron chi connectivity index (χ3n) is 2.38. The molecule has 1 aliphatic rings. The van der Waals surface area contributed by atoms with E-state index in [-0.39, 0.29) is 12.0 Å². The van der Waals surface area contributed by atoms with Crippen molar-refractivity contribution in [2.24, 2.45) is 0 Å². The van der Waals surface area contributed by atoms with Gasteiger partial charge in [0, 0.05) is 13.5 Å². The summed E-state index contributed by atoms with van der Waals surface area (Å²) in [6, 6.07) is 9.92. The molecule has 1 unspecified atom stereocenters. The quantitative estimate of drug-likeness (QED) is 0.699. The standard InChI is InChI=1S/C11H13NO2/c1-12-8-14-10(11(12)13)7-9-5-3-2-4-6-9/h2-6,10H,7-8H2,1H3. The van der Waals surface area contributed by atoms with Crippen molar-refractivity contribution >= 4 is 5.91 Å². The molecule has 0 spiro atoms. The van der Waals surface area contributed by atoms with E-state index < -0.39 is 0 Å². The zero-order valence-electron chi connectivity index (χ0n) is 8.14. The lowest BCUT2D eigenvalue weighted by Gasteiger charge is -2.07. The Hall–Kier alpha value is -1.35. The summed E-state index contributed by atoms with van der Waals surface area (Å²) in [5, 5.41) is 0. The van der Waals surface area contributed by atoms with Crippen LogP contribution in [0.1, 0.15) is 5.56 Å². The number of nitrogens with zero attached hydrogens (tertiary/aromatic N) is 1. The molecular weight excluding hydrogens is 178 g/mol. The summed E-state index contributed by atoms with van der Waals surface area (Å²) in [4.78, 5) is 13.1. The molecule has 3 nitrogen and oxygen atoms in total. The monoisotopic (exact) mass is 191 g/mol. The Morgan fingerprint density at radius 1 is 1.43 bits per heavy atom. The molecule has 1 aromatic rings. The third kappa shape index (κ3) is 1.77. The van der Waals surface area contributed by atoms with Crippen molar-refractivity contribution in [3.63, 3.8) is 0 Å². The summed E-state index contributed by atoms with van der Waals surface area (Å²) in [5.74, 6) is 0.0776. The van der Waals surface area contributed by atoms with Gasteiger partial charge in [0.05, 0.1) is 0 Å². The van der Waals surface area contributed by atoms with Crippen LogP contribution in [-0.2, 0) is 16.0 Å². The number of carbonyl (C=O) groups excluding carboxylic acids is 1. The van der Waals surface area contributed by atoms with Crippen LogP contribution in [0.4, 0.5) is 0 Å². The van der Waals surface area contributed by atoms with Crippen LogP contribution in [0.2, 0.25) is 0 Å². The maximum atomic E-state index is 11.5. The first-order chi connectivity index (χ1) is 6.77. The van der Waals surface area contributed by atoms with E-state index in [4.69, 9.17) is 4.74 Å².